The van der Waals surface area contributed by atoms with Crippen molar-refractivity contribution < 1.29 is 4.74 Å². The van der Waals surface area contributed by atoms with Crippen LogP contribution in [-0.4, -0.2) is 6.61 Å². The molecule has 1 unspecified atom stereocenters. The zero-order valence-corrected chi connectivity index (χ0v) is 9.92. The average molecular weight is 207 g/mol. The quantitative estimate of drug-likeness (QED) is 0.805. The van der Waals surface area contributed by atoms with E-state index in [0.29, 0.717) is 12.5 Å². The molecule has 0 aromatic heterocycles. The van der Waals surface area contributed by atoms with Crippen molar-refractivity contribution in [3.63, 3.8) is 0 Å². The summed E-state index contributed by atoms with van der Waals surface area (Å²) in [5.41, 5.74) is 7.94. The van der Waals surface area contributed by atoms with Gasteiger partial charge in [0.05, 0.1) is 6.61 Å². The number of benzene rings is 1. The predicted molar refractivity (Wildman–Crippen MR) is 64.0 cm³/mol. The lowest BCUT2D eigenvalue weighted by Gasteiger charge is -2.15. The predicted octanol–water partition coefficient (Wildman–Crippen LogP) is 2.88. The summed E-state index contributed by atoms with van der Waals surface area (Å²) < 4.78 is 5.83. The fourth-order valence-corrected chi connectivity index (χ4v) is 1.42. The fraction of sp³-hybridized carbons (Fsp3) is 0.538. The van der Waals surface area contributed by atoms with Gasteiger partial charge in [-0.1, -0.05) is 38.5 Å². The molecular formula is C13H21NO. The number of aryl methyl sites for hydroxylation is 1. The molecule has 84 valence electrons. The van der Waals surface area contributed by atoms with Crippen LogP contribution in [0.2, 0.25) is 0 Å². The van der Waals surface area contributed by atoms with E-state index in [2.05, 4.69) is 26.8 Å². The Bertz CT molecular complexity index is 309. The highest BCUT2D eigenvalue weighted by Gasteiger charge is 2.07. The molecule has 0 heterocycles. The zero-order chi connectivity index (χ0) is 11.3. The second kappa shape index (κ2) is 5.76. The van der Waals surface area contributed by atoms with E-state index in [4.69, 9.17) is 10.5 Å². The minimum absolute atomic E-state index is 0.539. The van der Waals surface area contributed by atoms with Gasteiger partial charge in [0.15, 0.2) is 0 Å². The molecule has 1 atom stereocenters. The van der Waals surface area contributed by atoms with Crippen LogP contribution >= 0.6 is 0 Å². The molecule has 1 aromatic rings. The second-order valence-corrected chi connectivity index (χ2v) is 4.09. The molecule has 2 N–H and O–H groups in total. The van der Waals surface area contributed by atoms with Gasteiger partial charge in [0.25, 0.3) is 0 Å². The van der Waals surface area contributed by atoms with Crippen molar-refractivity contribution in [1.29, 1.82) is 0 Å². The summed E-state index contributed by atoms with van der Waals surface area (Å²) >= 11 is 0. The summed E-state index contributed by atoms with van der Waals surface area (Å²) in [7, 11) is 0. The van der Waals surface area contributed by atoms with Crippen LogP contribution in [0.25, 0.3) is 0 Å². The Morgan fingerprint density at radius 2 is 2.13 bits per heavy atom. The molecule has 0 radical (unpaired) electrons. The third-order valence-corrected chi connectivity index (χ3v) is 2.72. The molecule has 0 saturated heterocycles. The number of nitrogens with two attached hydrogens (primary N) is 1. The van der Waals surface area contributed by atoms with E-state index in [1.807, 2.05) is 12.1 Å². The van der Waals surface area contributed by atoms with Crippen molar-refractivity contribution in [2.24, 2.45) is 11.7 Å². The molecule has 0 aliphatic heterocycles. The Labute approximate surface area is 92.4 Å². The summed E-state index contributed by atoms with van der Waals surface area (Å²) in [4.78, 5) is 0. The second-order valence-electron chi connectivity index (χ2n) is 4.09. The SMILES string of the molecule is CCC(C)COc1c(C)cccc1CN. The van der Waals surface area contributed by atoms with Crippen LogP contribution in [0.5, 0.6) is 5.75 Å². The van der Waals surface area contributed by atoms with Crippen LogP contribution in [0.3, 0.4) is 0 Å². The summed E-state index contributed by atoms with van der Waals surface area (Å²) in [6.45, 7) is 7.74. The molecule has 1 aromatic carbocycles. The number of rotatable bonds is 5. The maximum Gasteiger partial charge on any atom is 0.126 e. The first kappa shape index (κ1) is 12.1. The van der Waals surface area contributed by atoms with Gasteiger partial charge in [-0.3, -0.25) is 0 Å². The van der Waals surface area contributed by atoms with Gasteiger partial charge in [-0.2, -0.15) is 0 Å². The number of para-hydroxylation sites is 1. The standard InChI is InChI=1S/C13H21NO/c1-4-10(2)9-15-13-11(3)6-5-7-12(13)8-14/h5-7,10H,4,8-9,14H2,1-3H3. The summed E-state index contributed by atoms with van der Waals surface area (Å²) in [6, 6.07) is 6.11. The van der Waals surface area contributed by atoms with Crippen LogP contribution in [0.4, 0.5) is 0 Å². The van der Waals surface area contributed by atoms with Crippen LogP contribution in [-0.2, 0) is 6.54 Å². The van der Waals surface area contributed by atoms with Gasteiger partial charge < -0.3 is 10.5 Å². The number of hydrogen-bond acceptors (Lipinski definition) is 2. The van der Waals surface area contributed by atoms with Crippen molar-refractivity contribution >= 4 is 0 Å². The van der Waals surface area contributed by atoms with Crippen LogP contribution in [0.1, 0.15) is 31.4 Å². The van der Waals surface area contributed by atoms with Crippen molar-refractivity contribution in [3.8, 4) is 5.75 Å². The number of hydrogen-bond donors (Lipinski definition) is 1. The lowest BCUT2D eigenvalue weighted by molar-refractivity contribution is 0.253. The van der Waals surface area contributed by atoms with E-state index in [1.54, 1.807) is 0 Å². The lowest BCUT2D eigenvalue weighted by atomic mass is 10.1. The van der Waals surface area contributed by atoms with Crippen LogP contribution < -0.4 is 10.5 Å². The Morgan fingerprint density at radius 3 is 2.73 bits per heavy atom. The maximum absolute atomic E-state index is 5.83. The fourth-order valence-electron chi connectivity index (χ4n) is 1.42. The number of ether oxygens (including phenoxy) is 1. The first-order valence-corrected chi connectivity index (χ1v) is 5.60. The van der Waals surface area contributed by atoms with Gasteiger partial charge in [0.2, 0.25) is 0 Å². The summed E-state index contributed by atoms with van der Waals surface area (Å²) in [5.74, 6) is 1.57. The van der Waals surface area contributed by atoms with E-state index in [9.17, 15) is 0 Å². The third kappa shape index (κ3) is 3.24. The monoisotopic (exact) mass is 207 g/mol. The molecule has 2 heteroatoms. The Morgan fingerprint density at radius 1 is 1.40 bits per heavy atom. The van der Waals surface area contributed by atoms with Crippen molar-refractivity contribution in [2.75, 3.05) is 6.61 Å². The Kier molecular flexibility index (Phi) is 4.63. The van der Waals surface area contributed by atoms with E-state index in [0.717, 1.165) is 24.3 Å². The molecule has 0 spiro atoms. The first-order chi connectivity index (χ1) is 7.19. The summed E-state index contributed by atoms with van der Waals surface area (Å²) in [6.07, 6.45) is 1.14. The third-order valence-electron chi connectivity index (χ3n) is 2.72. The molecule has 15 heavy (non-hydrogen) atoms. The van der Waals surface area contributed by atoms with Gasteiger partial charge in [0.1, 0.15) is 5.75 Å². The van der Waals surface area contributed by atoms with E-state index in [1.165, 1.54) is 5.56 Å². The molecular weight excluding hydrogens is 186 g/mol. The average Bonchev–Trinajstić information content (AvgIpc) is 2.26. The minimum Gasteiger partial charge on any atom is -0.493 e. The molecule has 0 saturated carbocycles. The van der Waals surface area contributed by atoms with Gasteiger partial charge in [-0.05, 0) is 18.4 Å². The van der Waals surface area contributed by atoms with Crippen LogP contribution in [0.15, 0.2) is 18.2 Å². The molecule has 1 rings (SSSR count). The van der Waals surface area contributed by atoms with Crippen molar-refractivity contribution in [2.45, 2.75) is 33.7 Å². The van der Waals surface area contributed by atoms with E-state index < -0.39 is 0 Å². The highest BCUT2D eigenvalue weighted by Crippen LogP contribution is 2.23. The minimum atomic E-state index is 0.539. The van der Waals surface area contributed by atoms with Gasteiger partial charge >= 0.3 is 0 Å². The van der Waals surface area contributed by atoms with Crippen molar-refractivity contribution in [1.82, 2.24) is 0 Å². The van der Waals surface area contributed by atoms with E-state index in [-0.39, 0.29) is 0 Å². The van der Waals surface area contributed by atoms with Gasteiger partial charge in [0, 0.05) is 12.1 Å². The van der Waals surface area contributed by atoms with Gasteiger partial charge in [-0.25, -0.2) is 0 Å². The maximum atomic E-state index is 5.83. The smallest absolute Gasteiger partial charge is 0.126 e. The molecule has 0 aliphatic rings. The lowest BCUT2D eigenvalue weighted by Crippen LogP contribution is -2.10. The zero-order valence-electron chi connectivity index (χ0n) is 9.92. The van der Waals surface area contributed by atoms with Crippen LogP contribution in [0, 0.1) is 12.8 Å². The normalized spacial score (nSPS) is 12.5. The molecule has 0 amide bonds. The van der Waals surface area contributed by atoms with E-state index >= 15 is 0 Å². The molecule has 0 bridgehead atoms. The van der Waals surface area contributed by atoms with Gasteiger partial charge in [-0.15, -0.1) is 0 Å². The van der Waals surface area contributed by atoms with Crippen molar-refractivity contribution in [3.05, 3.63) is 29.3 Å². The highest BCUT2D eigenvalue weighted by molar-refractivity contribution is 5.40. The Hall–Kier alpha value is -1.02. The highest BCUT2D eigenvalue weighted by atomic mass is 16.5. The molecule has 2 nitrogen and oxygen atoms in total. The largest absolute Gasteiger partial charge is 0.493 e. The summed E-state index contributed by atoms with van der Waals surface area (Å²) in [5, 5.41) is 0. The first-order valence-electron chi connectivity index (χ1n) is 5.60. The Balaban J connectivity index is 2.74. The molecule has 0 aliphatic carbocycles. The topological polar surface area (TPSA) is 35.2 Å². The molecule has 0 fully saturated rings.